The van der Waals surface area contributed by atoms with Gasteiger partial charge in [-0.15, -0.1) is 0 Å². The topological polar surface area (TPSA) is 49.9 Å². The van der Waals surface area contributed by atoms with Gasteiger partial charge in [0.2, 0.25) is 0 Å². The fraction of sp³-hybridized carbons (Fsp3) is 0.238. The van der Waals surface area contributed by atoms with E-state index in [2.05, 4.69) is 0 Å². The fourth-order valence-electron chi connectivity index (χ4n) is 3.65. The summed E-state index contributed by atoms with van der Waals surface area (Å²) >= 11 is 12.4. The first kappa shape index (κ1) is 18.8. The number of nitrogens with zero attached hydrogens (tertiary/aromatic N) is 2. The van der Waals surface area contributed by atoms with Crippen molar-refractivity contribution < 1.29 is 14.3 Å². The van der Waals surface area contributed by atoms with Crippen LogP contribution in [0.4, 0.5) is 5.69 Å². The average molecular weight is 417 g/mol. The second-order valence-electron chi connectivity index (χ2n) is 6.69. The standard InChI is InChI=1S/C21H18Cl2N2O3/c1-28-15-7-4-13(5-8-15)18-19(24-10-2-3-11-24)21(27)25(20(18)26)17-12-14(22)6-9-16(17)23/h4-9,12H,2-3,10-11H2,1H3. The van der Waals surface area contributed by atoms with Gasteiger partial charge in [0.1, 0.15) is 11.4 Å². The van der Waals surface area contributed by atoms with Crippen LogP contribution >= 0.6 is 23.2 Å². The number of hydrogen-bond donors (Lipinski definition) is 0. The summed E-state index contributed by atoms with van der Waals surface area (Å²) in [6.07, 6.45) is 1.97. The number of ether oxygens (including phenoxy) is 1. The van der Waals surface area contributed by atoms with Gasteiger partial charge in [0.15, 0.2) is 0 Å². The minimum absolute atomic E-state index is 0.294. The Morgan fingerprint density at radius 1 is 0.929 bits per heavy atom. The van der Waals surface area contributed by atoms with E-state index in [9.17, 15) is 9.59 Å². The zero-order valence-electron chi connectivity index (χ0n) is 15.2. The highest BCUT2D eigenvalue weighted by Gasteiger charge is 2.43. The van der Waals surface area contributed by atoms with E-state index < -0.39 is 5.91 Å². The Bertz CT molecular complexity index is 980. The molecule has 2 amide bonds. The first-order chi connectivity index (χ1) is 13.5. The van der Waals surface area contributed by atoms with Gasteiger partial charge in [-0.05, 0) is 48.7 Å². The number of rotatable bonds is 4. The van der Waals surface area contributed by atoms with Gasteiger partial charge in [-0.25, -0.2) is 4.90 Å². The van der Waals surface area contributed by atoms with Crippen molar-refractivity contribution in [2.45, 2.75) is 12.8 Å². The Hall–Kier alpha value is -2.50. The number of imide groups is 1. The van der Waals surface area contributed by atoms with Crippen LogP contribution in [0.5, 0.6) is 5.75 Å². The summed E-state index contributed by atoms with van der Waals surface area (Å²) in [4.78, 5) is 29.9. The summed E-state index contributed by atoms with van der Waals surface area (Å²) in [5.41, 5.74) is 1.76. The third kappa shape index (κ3) is 3.15. The molecule has 28 heavy (non-hydrogen) atoms. The highest BCUT2D eigenvalue weighted by molar-refractivity contribution is 6.47. The van der Waals surface area contributed by atoms with Crippen LogP contribution in [0.25, 0.3) is 5.57 Å². The molecular formula is C21H18Cl2N2O3. The summed E-state index contributed by atoms with van der Waals surface area (Å²) in [5, 5.41) is 0.698. The number of likely N-dealkylation sites (tertiary alicyclic amines) is 1. The van der Waals surface area contributed by atoms with Crippen LogP contribution in [0.2, 0.25) is 10.0 Å². The molecule has 0 atom stereocenters. The van der Waals surface area contributed by atoms with Gasteiger partial charge in [0.05, 0.1) is 23.4 Å². The largest absolute Gasteiger partial charge is 0.497 e. The predicted molar refractivity (Wildman–Crippen MR) is 110 cm³/mol. The van der Waals surface area contributed by atoms with Gasteiger partial charge in [0, 0.05) is 18.1 Å². The zero-order valence-corrected chi connectivity index (χ0v) is 16.8. The Morgan fingerprint density at radius 3 is 2.25 bits per heavy atom. The maximum atomic E-state index is 13.4. The van der Waals surface area contributed by atoms with Crippen LogP contribution in [0, 0.1) is 0 Å². The lowest BCUT2D eigenvalue weighted by Crippen LogP contribution is -2.34. The van der Waals surface area contributed by atoms with Gasteiger partial charge in [-0.2, -0.15) is 0 Å². The van der Waals surface area contributed by atoms with Crippen molar-refractivity contribution >= 4 is 46.3 Å². The van der Waals surface area contributed by atoms with Gasteiger partial charge in [0.25, 0.3) is 11.8 Å². The predicted octanol–water partition coefficient (Wildman–Crippen LogP) is 4.38. The lowest BCUT2D eigenvalue weighted by Gasteiger charge is -2.21. The minimum atomic E-state index is -0.402. The zero-order chi connectivity index (χ0) is 19.8. The molecule has 2 aromatic carbocycles. The first-order valence-corrected chi connectivity index (χ1v) is 9.74. The molecule has 0 aromatic heterocycles. The smallest absolute Gasteiger partial charge is 0.282 e. The molecule has 0 saturated carbocycles. The third-order valence-corrected chi connectivity index (χ3v) is 5.56. The quantitative estimate of drug-likeness (QED) is 0.693. The minimum Gasteiger partial charge on any atom is -0.497 e. The van der Waals surface area contributed by atoms with Crippen molar-refractivity contribution in [3.63, 3.8) is 0 Å². The first-order valence-electron chi connectivity index (χ1n) is 8.98. The summed E-state index contributed by atoms with van der Waals surface area (Å²) in [6.45, 7) is 1.48. The van der Waals surface area contributed by atoms with Crippen molar-refractivity contribution in [1.29, 1.82) is 0 Å². The van der Waals surface area contributed by atoms with Crippen LogP contribution in [0.15, 0.2) is 48.2 Å². The summed E-state index contributed by atoms with van der Waals surface area (Å²) in [6, 6.07) is 11.9. The Balaban J connectivity index is 1.84. The van der Waals surface area contributed by atoms with E-state index in [1.165, 1.54) is 6.07 Å². The summed E-state index contributed by atoms with van der Waals surface area (Å²) < 4.78 is 5.20. The van der Waals surface area contributed by atoms with Crippen LogP contribution in [-0.4, -0.2) is 36.9 Å². The molecule has 2 aliphatic rings. The van der Waals surface area contributed by atoms with Crippen molar-refractivity contribution in [2.75, 3.05) is 25.1 Å². The number of halogens is 2. The molecule has 0 unspecified atom stereocenters. The molecular weight excluding hydrogens is 399 g/mol. The van der Waals surface area contributed by atoms with Gasteiger partial charge in [-0.1, -0.05) is 35.3 Å². The molecule has 2 aromatic rings. The van der Waals surface area contributed by atoms with Crippen LogP contribution in [0.1, 0.15) is 18.4 Å². The second-order valence-corrected chi connectivity index (χ2v) is 7.53. The number of carbonyl (C=O) groups excluding carboxylic acids is 2. The Kier molecular flexibility index (Phi) is 5.04. The number of amides is 2. The molecule has 0 radical (unpaired) electrons. The van der Waals surface area contributed by atoms with E-state index >= 15 is 0 Å². The molecule has 2 heterocycles. The highest BCUT2D eigenvalue weighted by Crippen LogP contribution is 2.39. The molecule has 0 N–H and O–H groups in total. The van der Waals surface area contributed by atoms with Crippen LogP contribution in [0.3, 0.4) is 0 Å². The molecule has 1 fully saturated rings. The number of benzene rings is 2. The summed E-state index contributed by atoms with van der Waals surface area (Å²) in [5.74, 6) is -0.0956. The molecule has 0 aliphatic carbocycles. The molecule has 0 bridgehead atoms. The maximum Gasteiger partial charge on any atom is 0.282 e. The SMILES string of the molecule is COc1ccc(C2=C(N3CCCC3)C(=O)N(c3cc(Cl)ccc3Cl)C2=O)cc1. The molecule has 7 heteroatoms. The van der Waals surface area contributed by atoms with Gasteiger partial charge >= 0.3 is 0 Å². The van der Waals surface area contributed by atoms with E-state index in [1.807, 2.05) is 4.90 Å². The number of hydrogen-bond acceptors (Lipinski definition) is 4. The van der Waals surface area contributed by atoms with Gasteiger partial charge < -0.3 is 9.64 Å². The van der Waals surface area contributed by atoms with Gasteiger partial charge in [-0.3, -0.25) is 9.59 Å². The highest BCUT2D eigenvalue weighted by atomic mass is 35.5. The molecule has 5 nitrogen and oxygen atoms in total. The number of carbonyl (C=O) groups is 2. The molecule has 1 saturated heterocycles. The molecule has 2 aliphatic heterocycles. The van der Waals surface area contributed by atoms with Crippen molar-refractivity contribution in [2.24, 2.45) is 0 Å². The van der Waals surface area contributed by atoms with Crippen molar-refractivity contribution in [1.82, 2.24) is 4.90 Å². The maximum absolute atomic E-state index is 13.4. The lowest BCUT2D eigenvalue weighted by molar-refractivity contribution is -0.120. The monoisotopic (exact) mass is 416 g/mol. The van der Waals surface area contributed by atoms with E-state index in [0.717, 1.165) is 30.8 Å². The van der Waals surface area contributed by atoms with Crippen LogP contribution in [-0.2, 0) is 9.59 Å². The number of anilines is 1. The third-order valence-electron chi connectivity index (χ3n) is 5.01. The summed E-state index contributed by atoms with van der Waals surface area (Å²) in [7, 11) is 1.58. The van der Waals surface area contributed by atoms with E-state index in [0.29, 0.717) is 38.3 Å². The van der Waals surface area contributed by atoms with E-state index in [-0.39, 0.29) is 5.91 Å². The fourth-order valence-corrected chi connectivity index (χ4v) is 4.01. The average Bonchev–Trinajstić information content (AvgIpc) is 3.30. The normalized spacial score (nSPS) is 17.1. The van der Waals surface area contributed by atoms with Crippen LogP contribution < -0.4 is 9.64 Å². The Morgan fingerprint density at radius 2 is 1.61 bits per heavy atom. The van der Waals surface area contributed by atoms with Crippen molar-refractivity contribution in [3.8, 4) is 5.75 Å². The molecule has 144 valence electrons. The second kappa shape index (κ2) is 7.49. The molecule has 4 rings (SSSR count). The lowest BCUT2D eigenvalue weighted by atomic mass is 10.0. The Labute approximate surface area is 173 Å². The van der Waals surface area contributed by atoms with E-state index in [1.54, 1.807) is 43.5 Å². The number of methoxy groups -OCH3 is 1. The van der Waals surface area contributed by atoms with E-state index in [4.69, 9.17) is 27.9 Å². The van der Waals surface area contributed by atoms with Crippen molar-refractivity contribution in [3.05, 3.63) is 63.8 Å². The molecule has 0 spiro atoms.